The summed E-state index contributed by atoms with van der Waals surface area (Å²) in [4.78, 5) is 8.87. The predicted octanol–water partition coefficient (Wildman–Crippen LogP) is 4.90. The molecule has 0 N–H and O–H groups in total. The van der Waals surface area contributed by atoms with Crippen molar-refractivity contribution in [3.05, 3.63) is 71.3 Å². The van der Waals surface area contributed by atoms with Crippen LogP contribution in [0.25, 0.3) is 22.4 Å². The fourth-order valence-corrected chi connectivity index (χ4v) is 3.29. The molecule has 4 rings (SSSR count). The monoisotopic (exact) mass is 372 g/mol. The van der Waals surface area contributed by atoms with Gasteiger partial charge in [-0.3, -0.25) is 0 Å². The lowest BCUT2D eigenvalue weighted by atomic mass is 10.2. The number of hydrogen-bond acceptors (Lipinski definition) is 2. The van der Waals surface area contributed by atoms with Crippen LogP contribution in [0.4, 0.5) is 8.78 Å². The van der Waals surface area contributed by atoms with E-state index in [1.54, 1.807) is 23.0 Å². The minimum Gasteiger partial charge on any atom is -0.327 e. The number of halogens is 3. The van der Waals surface area contributed by atoms with Crippen LogP contribution in [0.3, 0.4) is 0 Å². The molecule has 0 saturated heterocycles. The van der Waals surface area contributed by atoms with Crippen molar-refractivity contribution >= 4 is 22.6 Å². The molecule has 2 aromatic carbocycles. The first-order valence-corrected chi connectivity index (χ1v) is 8.56. The molecule has 0 radical (unpaired) electrons. The molecule has 2 heterocycles. The number of hydrogen-bond donors (Lipinski definition) is 0. The lowest BCUT2D eigenvalue weighted by molar-refractivity contribution is 0.599. The van der Waals surface area contributed by atoms with Gasteiger partial charge in [-0.15, -0.1) is 0 Å². The van der Waals surface area contributed by atoms with Gasteiger partial charge in [-0.1, -0.05) is 11.6 Å². The van der Waals surface area contributed by atoms with E-state index in [4.69, 9.17) is 11.6 Å². The first-order valence-electron chi connectivity index (χ1n) is 8.18. The summed E-state index contributed by atoms with van der Waals surface area (Å²) in [5, 5.41) is 0.642. The van der Waals surface area contributed by atoms with Crippen LogP contribution in [0, 0.1) is 11.6 Å². The van der Waals surface area contributed by atoms with Crippen molar-refractivity contribution < 1.29 is 8.78 Å². The molecule has 0 bridgehead atoms. The molecule has 132 valence electrons. The minimum atomic E-state index is -0.519. The lowest BCUT2D eigenvalue weighted by Crippen LogP contribution is -2.09. The van der Waals surface area contributed by atoms with Gasteiger partial charge in [-0.2, -0.15) is 0 Å². The SMILES string of the molecule is CCn1c(Cn2ccnc2-c2cc(F)ccc2F)nc2ccc(Cl)cc21. The second kappa shape index (κ2) is 6.53. The van der Waals surface area contributed by atoms with Crippen LogP contribution in [0.2, 0.25) is 5.02 Å². The van der Waals surface area contributed by atoms with E-state index in [1.807, 2.05) is 23.6 Å². The Balaban J connectivity index is 1.79. The van der Waals surface area contributed by atoms with Gasteiger partial charge in [0.05, 0.1) is 23.1 Å². The number of aromatic nitrogens is 4. The highest BCUT2D eigenvalue weighted by molar-refractivity contribution is 6.31. The molecule has 26 heavy (non-hydrogen) atoms. The van der Waals surface area contributed by atoms with Gasteiger partial charge in [-0.25, -0.2) is 18.7 Å². The Morgan fingerprint density at radius 1 is 1.12 bits per heavy atom. The maximum atomic E-state index is 14.2. The number of benzene rings is 2. The number of nitrogens with zero attached hydrogens (tertiary/aromatic N) is 4. The van der Waals surface area contributed by atoms with Crippen LogP contribution in [0.15, 0.2) is 48.8 Å². The molecule has 0 atom stereocenters. The fourth-order valence-electron chi connectivity index (χ4n) is 3.12. The Morgan fingerprint density at radius 3 is 2.77 bits per heavy atom. The molecule has 4 aromatic rings. The van der Waals surface area contributed by atoms with Gasteiger partial charge in [0.1, 0.15) is 23.3 Å². The summed E-state index contributed by atoms with van der Waals surface area (Å²) < 4.78 is 31.5. The maximum absolute atomic E-state index is 14.2. The normalized spacial score (nSPS) is 11.4. The summed E-state index contributed by atoms with van der Waals surface area (Å²) >= 11 is 6.10. The van der Waals surface area contributed by atoms with Crippen molar-refractivity contribution in [2.24, 2.45) is 0 Å². The van der Waals surface area contributed by atoms with Gasteiger partial charge in [-0.05, 0) is 43.3 Å². The molecule has 0 spiro atoms. The van der Waals surface area contributed by atoms with E-state index in [2.05, 4.69) is 9.97 Å². The molecule has 4 nitrogen and oxygen atoms in total. The second-order valence-electron chi connectivity index (χ2n) is 5.91. The van der Waals surface area contributed by atoms with Crippen LogP contribution < -0.4 is 0 Å². The average molecular weight is 373 g/mol. The van der Waals surface area contributed by atoms with E-state index in [1.165, 1.54) is 0 Å². The van der Waals surface area contributed by atoms with Crippen molar-refractivity contribution in [3.8, 4) is 11.4 Å². The third kappa shape index (κ3) is 2.86. The van der Waals surface area contributed by atoms with Crippen molar-refractivity contribution in [1.82, 2.24) is 19.1 Å². The first-order chi connectivity index (χ1) is 12.6. The quantitative estimate of drug-likeness (QED) is 0.510. The topological polar surface area (TPSA) is 35.6 Å². The predicted molar refractivity (Wildman–Crippen MR) is 97.1 cm³/mol. The lowest BCUT2D eigenvalue weighted by Gasteiger charge is -2.10. The van der Waals surface area contributed by atoms with Gasteiger partial charge in [0.15, 0.2) is 0 Å². The molecule has 7 heteroatoms. The molecule has 0 saturated carbocycles. The summed E-state index contributed by atoms with van der Waals surface area (Å²) in [6.45, 7) is 3.11. The Hall–Kier alpha value is -2.73. The van der Waals surface area contributed by atoms with Crippen molar-refractivity contribution in [2.75, 3.05) is 0 Å². The van der Waals surface area contributed by atoms with Gasteiger partial charge in [0, 0.05) is 24.0 Å². The molecule has 0 fully saturated rings. The third-order valence-corrected chi connectivity index (χ3v) is 4.54. The molecule has 0 aliphatic heterocycles. The Kier molecular flexibility index (Phi) is 4.20. The molecule has 0 aliphatic carbocycles. The average Bonchev–Trinajstić information content (AvgIpc) is 3.21. The van der Waals surface area contributed by atoms with E-state index in [0.29, 0.717) is 23.9 Å². The third-order valence-electron chi connectivity index (χ3n) is 4.30. The van der Waals surface area contributed by atoms with E-state index < -0.39 is 11.6 Å². The van der Waals surface area contributed by atoms with Crippen molar-refractivity contribution in [3.63, 3.8) is 0 Å². The number of imidazole rings is 2. The maximum Gasteiger partial charge on any atom is 0.143 e. The number of aryl methyl sites for hydroxylation is 1. The van der Waals surface area contributed by atoms with E-state index in [-0.39, 0.29) is 5.56 Å². The highest BCUT2D eigenvalue weighted by Crippen LogP contribution is 2.25. The molecular formula is C19H15ClF2N4. The fraction of sp³-hybridized carbons (Fsp3) is 0.158. The van der Waals surface area contributed by atoms with Gasteiger partial charge in [0.2, 0.25) is 0 Å². The largest absolute Gasteiger partial charge is 0.327 e. The molecule has 2 aromatic heterocycles. The molecule has 0 amide bonds. The summed E-state index contributed by atoms with van der Waals surface area (Å²) in [6.07, 6.45) is 3.29. The zero-order valence-corrected chi connectivity index (χ0v) is 14.7. The summed E-state index contributed by atoms with van der Waals surface area (Å²) in [7, 11) is 0. The smallest absolute Gasteiger partial charge is 0.143 e. The second-order valence-corrected chi connectivity index (χ2v) is 6.34. The molecule has 0 aliphatic rings. The van der Waals surface area contributed by atoms with E-state index in [0.717, 1.165) is 35.1 Å². The summed E-state index contributed by atoms with van der Waals surface area (Å²) in [5.74, 6) is 0.122. The summed E-state index contributed by atoms with van der Waals surface area (Å²) in [6, 6.07) is 8.88. The Bertz CT molecular complexity index is 1100. The Morgan fingerprint density at radius 2 is 1.96 bits per heavy atom. The molecule has 0 unspecified atom stereocenters. The van der Waals surface area contributed by atoms with Crippen LogP contribution in [0.1, 0.15) is 12.7 Å². The van der Waals surface area contributed by atoms with Gasteiger partial charge in [0.25, 0.3) is 0 Å². The van der Waals surface area contributed by atoms with Crippen LogP contribution in [0.5, 0.6) is 0 Å². The van der Waals surface area contributed by atoms with Crippen LogP contribution >= 0.6 is 11.6 Å². The highest BCUT2D eigenvalue weighted by atomic mass is 35.5. The van der Waals surface area contributed by atoms with Gasteiger partial charge < -0.3 is 9.13 Å². The first kappa shape index (κ1) is 16.7. The van der Waals surface area contributed by atoms with Gasteiger partial charge >= 0.3 is 0 Å². The van der Waals surface area contributed by atoms with Crippen molar-refractivity contribution in [1.29, 1.82) is 0 Å². The standard InChI is InChI=1S/C19H15ClF2N4/c1-2-26-17-9-12(20)3-6-16(17)24-18(26)11-25-8-7-23-19(25)14-10-13(21)4-5-15(14)22/h3-10H,2,11H2,1H3. The number of rotatable bonds is 4. The summed E-state index contributed by atoms with van der Waals surface area (Å²) in [5.41, 5.74) is 1.90. The Labute approximate surface area is 153 Å². The van der Waals surface area contributed by atoms with E-state index in [9.17, 15) is 8.78 Å². The number of fused-ring (bicyclic) bond motifs is 1. The zero-order chi connectivity index (χ0) is 18.3. The molecular weight excluding hydrogens is 358 g/mol. The van der Waals surface area contributed by atoms with Crippen LogP contribution in [-0.2, 0) is 13.1 Å². The van der Waals surface area contributed by atoms with Crippen molar-refractivity contribution in [2.45, 2.75) is 20.0 Å². The van der Waals surface area contributed by atoms with E-state index >= 15 is 0 Å². The van der Waals surface area contributed by atoms with Crippen LogP contribution in [-0.4, -0.2) is 19.1 Å². The minimum absolute atomic E-state index is 0.122. The highest BCUT2D eigenvalue weighted by Gasteiger charge is 2.16. The zero-order valence-electron chi connectivity index (χ0n) is 14.0.